The first-order chi connectivity index (χ1) is 14.2. The van der Waals surface area contributed by atoms with Crippen LogP contribution < -0.4 is 10.5 Å². The number of H-pyrrole nitrogens is 1. The number of nitrogens with zero attached hydrogens (tertiary/aromatic N) is 1. The largest absolute Gasteiger partial charge is 0.478 e. The van der Waals surface area contributed by atoms with Crippen molar-refractivity contribution >= 4 is 38.4 Å². The van der Waals surface area contributed by atoms with Gasteiger partial charge in [0.25, 0.3) is 0 Å². The number of fused-ring (bicyclic) bond motifs is 1. The van der Waals surface area contributed by atoms with Crippen molar-refractivity contribution in [2.24, 2.45) is 0 Å². The molecule has 5 N–H and O–H groups in total. The van der Waals surface area contributed by atoms with Gasteiger partial charge >= 0.3 is 5.97 Å². The maximum Gasteiger partial charge on any atom is 0.335 e. The Bertz CT molecular complexity index is 1380. The summed E-state index contributed by atoms with van der Waals surface area (Å²) in [5.74, 6) is -1.05. The molecule has 9 heteroatoms. The number of nitrogens with two attached hydrogens (primary N) is 1. The number of sulfonamides is 1. The zero-order valence-corrected chi connectivity index (χ0v) is 16.7. The van der Waals surface area contributed by atoms with E-state index in [1.807, 2.05) is 6.07 Å². The van der Waals surface area contributed by atoms with Gasteiger partial charge in [0, 0.05) is 40.3 Å². The Balaban J connectivity index is 1.76. The van der Waals surface area contributed by atoms with Crippen LogP contribution >= 0.6 is 0 Å². The van der Waals surface area contributed by atoms with E-state index in [1.165, 1.54) is 6.07 Å². The van der Waals surface area contributed by atoms with E-state index in [0.29, 0.717) is 22.6 Å². The summed E-state index contributed by atoms with van der Waals surface area (Å²) >= 11 is 0. The zero-order chi connectivity index (χ0) is 21.5. The number of hydrogen-bond donors (Lipinski definition) is 4. The molecule has 4 rings (SSSR count). The Morgan fingerprint density at radius 2 is 1.80 bits per heavy atom. The number of aromatic amines is 1. The number of carboxylic acid groups (broad SMARTS) is 1. The minimum Gasteiger partial charge on any atom is -0.478 e. The van der Waals surface area contributed by atoms with E-state index in [2.05, 4.69) is 14.7 Å². The Kier molecular flexibility index (Phi) is 4.67. The summed E-state index contributed by atoms with van der Waals surface area (Å²) in [7, 11) is -3.34. The summed E-state index contributed by atoms with van der Waals surface area (Å²) in [4.78, 5) is 18.9. The number of nitrogen functional groups attached to an aromatic ring is 1. The molecule has 0 fully saturated rings. The van der Waals surface area contributed by atoms with Crippen molar-refractivity contribution in [2.45, 2.75) is 0 Å². The van der Waals surface area contributed by atoms with E-state index >= 15 is 0 Å². The quantitative estimate of drug-likeness (QED) is 0.363. The van der Waals surface area contributed by atoms with Crippen LogP contribution in [0.3, 0.4) is 0 Å². The molecule has 4 aromatic rings. The Morgan fingerprint density at radius 3 is 2.47 bits per heavy atom. The summed E-state index contributed by atoms with van der Waals surface area (Å²) < 4.78 is 25.2. The Hall–Kier alpha value is -3.85. The molecule has 0 aliphatic rings. The smallest absolute Gasteiger partial charge is 0.335 e. The molecular weight excluding hydrogens is 404 g/mol. The van der Waals surface area contributed by atoms with E-state index in [-0.39, 0.29) is 5.56 Å². The van der Waals surface area contributed by atoms with Crippen molar-refractivity contribution < 1.29 is 18.3 Å². The molecule has 0 amide bonds. The van der Waals surface area contributed by atoms with Crippen LogP contribution in [0.15, 0.2) is 60.9 Å². The monoisotopic (exact) mass is 422 g/mol. The van der Waals surface area contributed by atoms with Crippen molar-refractivity contribution in [1.29, 1.82) is 0 Å². The van der Waals surface area contributed by atoms with Gasteiger partial charge in [-0.2, -0.15) is 0 Å². The number of aromatic nitrogens is 2. The van der Waals surface area contributed by atoms with E-state index in [0.717, 1.165) is 28.3 Å². The van der Waals surface area contributed by atoms with Gasteiger partial charge in [0.15, 0.2) is 0 Å². The van der Waals surface area contributed by atoms with Gasteiger partial charge in [0.1, 0.15) is 5.65 Å². The van der Waals surface area contributed by atoms with Crippen molar-refractivity contribution in [3.8, 4) is 22.3 Å². The normalized spacial score (nSPS) is 11.5. The third kappa shape index (κ3) is 3.96. The van der Waals surface area contributed by atoms with Crippen LogP contribution in [0.4, 0.5) is 11.4 Å². The van der Waals surface area contributed by atoms with Gasteiger partial charge in [-0.3, -0.25) is 4.72 Å². The zero-order valence-electron chi connectivity index (χ0n) is 15.9. The van der Waals surface area contributed by atoms with Crippen LogP contribution in [0.5, 0.6) is 0 Å². The number of aromatic carboxylic acids is 1. The first kappa shape index (κ1) is 19.5. The van der Waals surface area contributed by atoms with Crippen LogP contribution in [0, 0.1) is 0 Å². The number of rotatable bonds is 5. The fourth-order valence-electron chi connectivity index (χ4n) is 3.28. The lowest BCUT2D eigenvalue weighted by Gasteiger charge is -2.07. The number of carboxylic acids is 1. The van der Waals surface area contributed by atoms with Gasteiger partial charge < -0.3 is 15.8 Å². The lowest BCUT2D eigenvalue weighted by atomic mass is 10.00. The van der Waals surface area contributed by atoms with Gasteiger partial charge in [0.05, 0.1) is 11.8 Å². The highest BCUT2D eigenvalue weighted by molar-refractivity contribution is 7.92. The topological polar surface area (TPSA) is 138 Å². The molecule has 0 spiro atoms. The van der Waals surface area contributed by atoms with Gasteiger partial charge in [-0.05, 0) is 47.5 Å². The first-order valence-electron chi connectivity index (χ1n) is 8.89. The highest BCUT2D eigenvalue weighted by atomic mass is 32.2. The predicted molar refractivity (Wildman–Crippen MR) is 117 cm³/mol. The minimum atomic E-state index is -3.34. The van der Waals surface area contributed by atoms with E-state index in [1.54, 1.807) is 48.8 Å². The van der Waals surface area contributed by atoms with Crippen LogP contribution in [0.2, 0.25) is 0 Å². The molecule has 0 aliphatic carbocycles. The number of pyridine rings is 1. The SMILES string of the molecule is CS(=O)(=O)Nc1ccc(-c2cnc3[nH]cc(-c4cc(N)cc(C(=O)O)c4)c3c2)cc1. The van der Waals surface area contributed by atoms with Gasteiger partial charge in [-0.1, -0.05) is 12.1 Å². The second kappa shape index (κ2) is 7.20. The molecule has 0 unspecified atom stereocenters. The maximum absolute atomic E-state index is 11.4. The molecule has 2 aromatic heterocycles. The van der Waals surface area contributed by atoms with Crippen LogP contribution in [-0.2, 0) is 10.0 Å². The highest BCUT2D eigenvalue weighted by Gasteiger charge is 2.13. The van der Waals surface area contributed by atoms with Crippen LogP contribution in [-0.4, -0.2) is 35.7 Å². The van der Waals surface area contributed by atoms with Gasteiger partial charge in [0.2, 0.25) is 10.0 Å². The molecule has 0 saturated heterocycles. The summed E-state index contributed by atoms with van der Waals surface area (Å²) in [6, 6.07) is 13.6. The molecule has 0 aliphatic heterocycles. The Labute approximate surface area is 172 Å². The van der Waals surface area contributed by atoms with Crippen molar-refractivity contribution in [1.82, 2.24) is 9.97 Å². The minimum absolute atomic E-state index is 0.109. The van der Waals surface area contributed by atoms with E-state index in [9.17, 15) is 18.3 Å². The average molecular weight is 422 g/mol. The molecule has 2 heterocycles. The average Bonchev–Trinajstić information content (AvgIpc) is 3.10. The second-order valence-electron chi connectivity index (χ2n) is 6.92. The van der Waals surface area contributed by atoms with Gasteiger partial charge in [-0.25, -0.2) is 18.2 Å². The number of carbonyl (C=O) groups is 1. The van der Waals surface area contributed by atoms with Crippen LogP contribution in [0.25, 0.3) is 33.3 Å². The highest BCUT2D eigenvalue weighted by Crippen LogP contribution is 2.33. The molecule has 0 saturated carbocycles. The van der Waals surface area contributed by atoms with E-state index < -0.39 is 16.0 Å². The third-order valence-corrected chi connectivity index (χ3v) is 5.17. The van der Waals surface area contributed by atoms with Crippen molar-refractivity contribution in [3.05, 3.63) is 66.5 Å². The number of hydrogen-bond acceptors (Lipinski definition) is 5. The molecular formula is C21H18N4O4S. The summed E-state index contributed by atoms with van der Waals surface area (Å²) in [5.41, 5.74) is 10.6. The Morgan fingerprint density at radius 1 is 1.07 bits per heavy atom. The molecule has 0 atom stereocenters. The molecule has 152 valence electrons. The third-order valence-electron chi connectivity index (χ3n) is 4.57. The number of anilines is 2. The van der Waals surface area contributed by atoms with Crippen molar-refractivity contribution in [2.75, 3.05) is 16.7 Å². The lowest BCUT2D eigenvalue weighted by molar-refractivity contribution is 0.0697. The molecule has 0 bridgehead atoms. The van der Waals surface area contributed by atoms with Crippen molar-refractivity contribution in [3.63, 3.8) is 0 Å². The summed E-state index contributed by atoms with van der Waals surface area (Å²) in [6.07, 6.45) is 4.57. The maximum atomic E-state index is 11.4. The lowest BCUT2D eigenvalue weighted by Crippen LogP contribution is -2.09. The standard InChI is InChI=1S/C21H18N4O4S/c1-30(28,29)25-17-4-2-12(3-5-17)15-9-18-19(11-24-20(18)23-10-15)13-6-14(21(26)27)8-16(22)7-13/h2-11,25H,22H2,1H3,(H,23,24)(H,26,27). The predicted octanol–water partition coefficient (Wildman–Crippen LogP) is 3.55. The second-order valence-corrected chi connectivity index (χ2v) is 8.67. The number of nitrogens with one attached hydrogen (secondary N) is 2. The number of benzene rings is 2. The molecule has 8 nitrogen and oxygen atoms in total. The first-order valence-corrected chi connectivity index (χ1v) is 10.8. The molecule has 2 aromatic carbocycles. The molecule has 30 heavy (non-hydrogen) atoms. The summed E-state index contributed by atoms with van der Waals surface area (Å²) in [5, 5.41) is 10.1. The molecule has 0 radical (unpaired) electrons. The van der Waals surface area contributed by atoms with Gasteiger partial charge in [-0.15, -0.1) is 0 Å². The fourth-order valence-corrected chi connectivity index (χ4v) is 3.84. The fraction of sp³-hybridized carbons (Fsp3) is 0.0476. The van der Waals surface area contributed by atoms with Crippen LogP contribution in [0.1, 0.15) is 10.4 Å². The van der Waals surface area contributed by atoms with E-state index in [4.69, 9.17) is 5.73 Å². The summed E-state index contributed by atoms with van der Waals surface area (Å²) in [6.45, 7) is 0.